The first-order valence-electron chi connectivity index (χ1n) is 11.2. The molecule has 3 fully saturated rings. The summed E-state index contributed by atoms with van der Waals surface area (Å²) in [6, 6.07) is 8.83. The van der Waals surface area contributed by atoms with Crippen molar-refractivity contribution in [3.05, 3.63) is 35.9 Å². The van der Waals surface area contributed by atoms with E-state index in [1.807, 2.05) is 30.3 Å². The molecular formula is C24H30N2O6. The lowest BCUT2D eigenvalue weighted by Crippen LogP contribution is -2.46. The highest BCUT2D eigenvalue weighted by Crippen LogP contribution is 2.41. The summed E-state index contributed by atoms with van der Waals surface area (Å²) >= 11 is 0. The summed E-state index contributed by atoms with van der Waals surface area (Å²) in [4.78, 5) is 54.1. The van der Waals surface area contributed by atoms with Crippen molar-refractivity contribution in [2.45, 2.75) is 70.7 Å². The fourth-order valence-corrected chi connectivity index (χ4v) is 4.99. The predicted octanol–water partition coefficient (Wildman–Crippen LogP) is 2.89. The van der Waals surface area contributed by atoms with Crippen LogP contribution in [0.1, 0.15) is 52.0 Å². The number of benzene rings is 1. The molecule has 32 heavy (non-hydrogen) atoms. The molecule has 0 spiro atoms. The van der Waals surface area contributed by atoms with E-state index in [1.165, 1.54) is 4.90 Å². The van der Waals surface area contributed by atoms with E-state index in [-0.39, 0.29) is 30.5 Å². The van der Waals surface area contributed by atoms with Gasteiger partial charge in [0.15, 0.2) is 0 Å². The van der Waals surface area contributed by atoms with E-state index in [1.54, 1.807) is 25.7 Å². The van der Waals surface area contributed by atoms with Gasteiger partial charge >= 0.3 is 12.1 Å². The van der Waals surface area contributed by atoms with Crippen LogP contribution >= 0.6 is 0 Å². The van der Waals surface area contributed by atoms with Gasteiger partial charge in [0.2, 0.25) is 11.8 Å². The van der Waals surface area contributed by atoms with E-state index in [0.717, 1.165) is 5.56 Å². The molecule has 0 unspecified atom stereocenters. The zero-order chi connectivity index (χ0) is 23.0. The van der Waals surface area contributed by atoms with Crippen LogP contribution in [0.25, 0.3) is 0 Å². The minimum absolute atomic E-state index is 0.126. The maximum Gasteiger partial charge on any atom is 0.417 e. The summed E-state index contributed by atoms with van der Waals surface area (Å²) in [6.07, 6.45) is 1.53. The number of ether oxygens (including phenoxy) is 2. The quantitative estimate of drug-likeness (QED) is 0.526. The number of nitrogens with zero attached hydrogens (tertiary/aromatic N) is 2. The first-order valence-corrected chi connectivity index (χ1v) is 11.2. The molecule has 3 amide bonds. The van der Waals surface area contributed by atoms with Gasteiger partial charge in [-0.25, -0.2) is 9.69 Å². The van der Waals surface area contributed by atoms with E-state index >= 15 is 0 Å². The van der Waals surface area contributed by atoms with E-state index in [2.05, 4.69) is 0 Å². The van der Waals surface area contributed by atoms with Crippen LogP contribution in [-0.4, -0.2) is 57.9 Å². The molecule has 2 heterocycles. The molecular weight excluding hydrogens is 412 g/mol. The smallest absolute Gasteiger partial charge is 0.417 e. The molecule has 2 saturated heterocycles. The second-order valence-corrected chi connectivity index (χ2v) is 9.80. The number of imide groups is 1. The van der Waals surface area contributed by atoms with Gasteiger partial charge in [-0.15, -0.1) is 0 Å². The molecule has 8 nitrogen and oxygen atoms in total. The van der Waals surface area contributed by atoms with Crippen LogP contribution in [0.3, 0.4) is 0 Å². The summed E-state index contributed by atoms with van der Waals surface area (Å²) in [5.41, 5.74) is 0.173. The SMILES string of the molecule is CC(C)(C)OC(=O)N1C(=O)[C@@H]2C[C@H]1CC[C@@H]2N1CC[C@H](C(=O)OCc2ccccc2)C1=O. The lowest BCUT2D eigenvalue weighted by molar-refractivity contribution is -0.154. The van der Waals surface area contributed by atoms with Crippen molar-refractivity contribution in [3.63, 3.8) is 0 Å². The number of hydrogen-bond donors (Lipinski definition) is 0. The number of rotatable bonds is 4. The second-order valence-electron chi connectivity index (χ2n) is 9.80. The Labute approximate surface area is 187 Å². The summed E-state index contributed by atoms with van der Waals surface area (Å²) < 4.78 is 10.8. The van der Waals surface area contributed by atoms with Gasteiger partial charge in [-0.1, -0.05) is 30.3 Å². The maximum atomic E-state index is 13.1. The van der Waals surface area contributed by atoms with Gasteiger partial charge in [0.25, 0.3) is 0 Å². The highest BCUT2D eigenvalue weighted by atomic mass is 16.6. The Kier molecular flexibility index (Phi) is 5.97. The third kappa shape index (κ3) is 4.36. The fraction of sp³-hybridized carbons (Fsp3) is 0.583. The zero-order valence-corrected chi connectivity index (χ0v) is 18.8. The van der Waals surface area contributed by atoms with Gasteiger partial charge in [-0.3, -0.25) is 14.4 Å². The molecule has 3 aliphatic rings. The van der Waals surface area contributed by atoms with Gasteiger partial charge in [0, 0.05) is 18.6 Å². The Bertz CT molecular complexity index is 909. The van der Waals surface area contributed by atoms with Crippen LogP contribution in [0, 0.1) is 11.8 Å². The predicted molar refractivity (Wildman–Crippen MR) is 114 cm³/mol. The van der Waals surface area contributed by atoms with Gasteiger partial charge < -0.3 is 14.4 Å². The van der Waals surface area contributed by atoms with Crippen molar-refractivity contribution in [2.75, 3.05) is 6.54 Å². The lowest BCUT2D eigenvalue weighted by Gasteiger charge is -2.34. The highest BCUT2D eigenvalue weighted by molar-refractivity contribution is 6.00. The topological polar surface area (TPSA) is 93.2 Å². The van der Waals surface area contributed by atoms with Crippen LogP contribution in [-0.2, 0) is 30.5 Å². The number of esters is 1. The average Bonchev–Trinajstić information content (AvgIpc) is 3.24. The molecule has 1 aromatic rings. The van der Waals surface area contributed by atoms with Crippen molar-refractivity contribution in [2.24, 2.45) is 11.8 Å². The second kappa shape index (κ2) is 8.56. The van der Waals surface area contributed by atoms with E-state index in [0.29, 0.717) is 32.2 Å². The Morgan fingerprint density at radius 3 is 2.44 bits per heavy atom. The van der Waals surface area contributed by atoms with Gasteiger partial charge in [-0.2, -0.15) is 0 Å². The fourth-order valence-electron chi connectivity index (χ4n) is 4.99. The first-order chi connectivity index (χ1) is 15.2. The van der Waals surface area contributed by atoms with Crippen molar-refractivity contribution < 1.29 is 28.7 Å². The normalized spacial score (nSPS) is 27.6. The maximum absolute atomic E-state index is 13.1. The Morgan fingerprint density at radius 1 is 1.03 bits per heavy atom. The van der Waals surface area contributed by atoms with E-state index < -0.39 is 29.5 Å². The molecule has 4 atom stereocenters. The largest absolute Gasteiger partial charge is 0.460 e. The number of hydrogen-bond acceptors (Lipinski definition) is 6. The highest BCUT2D eigenvalue weighted by Gasteiger charge is 2.54. The van der Waals surface area contributed by atoms with Crippen LogP contribution in [0.4, 0.5) is 4.79 Å². The third-order valence-corrected chi connectivity index (χ3v) is 6.44. The van der Waals surface area contributed by atoms with E-state index in [9.17, 15) is 19.2 Å². The molecule has 2 aliphatic heterocycles. The van der Waals surface area contributed by atoms with Crippen LogP contribution in [0.15, 0.2) is 30.3 Å². The number of carbonyl (C=O) groups is 4. The summed E-state index contributed by atoms with van der Waals surface area (Å²) in [6.45, 7) is 5.83. The summed E-state index contributed by atoms with van der Waals surface area (Å²) in [7, 11) is 0. The molecule has 4 rings (SSSR count). The number of likely N-dealkylation sites (tertiary alicyclic amines) is 2. The standard InChI is InChI=1S/C24H30N2O6/c1-24(2,3)32-23(30)26-16-9-10-19(18(13-16)21(26)28)25-12-11-17(20(25)27)22(29)31-14-15-7-5-4-6-8-15/h4-8,16-19H,9-14H2,1-3H3/t16-,17+,18-,19+/m1/s1. The molecule has 0 aromatic heterocycles. The summed E-state index contributed by atoms with van der Waals surface area (Å²) in [5.74, 6) is -2.37. The van der Waals surface area contributed by atoms with Gasteiger partial charge in [0.05, 0.1) is 5.92 Å². The molecule has 2 bridgehead atoms. The first kappa shape index (κ1) is 22.3. The molecule has 8 heteroatoms. The Balaban J connectivity index is 1.39. The van der Waals surface area contributed by atoms with Crippen LogP contribution in [0.2, 0.25) is 0 Å². The molecule has 1 saturated carbocycles. The molecule has 1 aromatic carbocycles. The van der Waals surface area contributed by atoms with Gasteiger partial charge in [0.1, 0.15) is 18.1 Å². The Hall–Kier alpha value is -2.90. The molecule has 0 N–H and O–H groups in total. The van der Waals surface area contributed by atoms with Crippen molar-refractivity contribution in [1.29, 1.82) is 0 Å². The molecule has 0 radical (unpaired) electrons. The molecule has 172 valence electrons. The number of fused-ring (bicyclic) bond motifs is 2. The average molecular weight is 443 g/mol. The minimum Gasteiger partial charge on any atom is -0.460 e. The monoisotopic (exact) mass is 442 g/mol. The van der Waals surface area contributed by atoms with Crippen molar-refractivity contribution in [1.82, 2.24) is 9.80 Å². The lowest BCUT2D eigenvalue weighted by atomic mass is 9.84. The van der Waals surface area contributed by atoms with Crippen LogP contribution < -0.4 is 0 Å². The number of amides is 3. The molecule has 1 aliphatic carbocycles. The van der Waals surface area contributed by atoms with E-state index in [4.69, 9.17) is 9.47 Å². The summed E-state index contributed by atoms with van der Waals surface area (Å²) in [5, 5.41) is 0. The van der Waals surface area contributed by atoms with Crippen molar-refractivity contribution in [3.8, 4) is 0 Å². The minimum atomic E-state index is -0.838. The Morgan fingerprint density at radius 2 is 1.75 bits per heavy atom. The zero-order valence-electron chi connectivity index (χ0n) is 18.8. The number of carbonyl (C=O) groups excluding carboxylic acids is 4. The van der Waals surface area contributed by atoms with Gasteiger partial charge in [-0.05, 0) is 52.0 Å². The van der Waals surface area contributed by atoms with Crippen LogP contribution in [0.5, 0.6) is 0 Å². The van der Waals surface area contributed by atoms with Crippen molar-refractivity contribution >= 4 is 23.9 Å². The third-order valence-electron chi connectivity index (χ3n) is 6.44.